The van der Waals surface area contributed by atoms with E-state index in [2.05, 4.69) is 39.4 Å². The predicted octanol–water partition coefficient (Wildman–Crippen LogP) is 2.49. The molecule has 0 atom stereocenters. The minimum Gasteiger partial charge on any atom is -0.379 e. The number of nitrogens with zero attached hydrogens (tertiary/aromatic N) is 2. The normalized spacial score (nSPS) is 11.9. The molecule has 0 saturated heterocycles. The lowest BCUT2D eigenvalue weighted by Crippen LogP contribution is -2.38. The van der Waals surface area contributed by atoms with E-state index in [1.165, 1.54) is 0 Å². The van der Waals surface area contributed by atoms with Crippen LogP contribution >= 0.6 is 0 Å². The summed E-state index contributed by atoms with van der Waals surface area (Å²) in [4.78, 5) is 12.5. The first kappa shape index (κ1) is 21.2. The Labute approximate surface area is 162 Å². The van der Waals surface area contributed by atoms with Crippen LogP contribution in [0.5, 0.6) is 0 Å². The van der Waals surface area contributed by atoms with Crippen LogP contribution in [0.25, 0.3) is 11.0 Å². The van der Waals surface area contributed by atoms with Gasteiger partial charge in [0.25, 0.3) is 0 Å². The fraction of sp³-hybridized carbons (Fsp3) is 0.600. The number of imidazole rings is 1. The first-order valence-electron chi connectivity index (χ1n) is 9.94. The molecule has 7 nitrogen and oxygen atoms in total. The standard InChI is InChI=1S/C20H33N5O2/c1-3-5-13-26-15-16-27-14-12-23-20(21-4-2)22-11-10-19-24-17-8-6-7-9-18(17)25-19/h6-9H,3-5,10-16H2,1-2H3,(H,24,25)(H2,21,22,23). The third-order valence-corrected chi connectivity index (χ3v) is 3.96. The van der Waals surface area contributed by atoms with Crippen LogP contribution in [0.1, 0.15) is 32.5 Å². The van der Waals surface area contributed by atoms with Crippen molar-refractivity contribution in [3.8, 4) is 0 Å². The number of aromatic nitrogens is 2. The lowest BCUT2D eigenvalue weighted by molar-refractivity contribution is 0.0497. The number of benzene rings is 1. The number of nitrogens with one attached hydrogen (secondary N) is 3. The predicted molar refractivity (Wildman–Crippen MR) is 110 cm³/mol. The second kappa shape index (κ2) is 13.1. The lowest BCUT2D eigenvalue weighted by atomic mass is 10.3. The Morgan fingerprint density at radius 3 is 2.67 bits per heavy atom. The third-order valence-electron chi connectivity index (χ3n) is 3.96. The van der Waals surface area contributed by atoms with E-state index in [4.69, 9.17) is 9.47 Å². The summed E-state index contributed by atoms with van der Waals surface area (Å²) in [5.41, 5.74) is 2.08. The minimum atomic E-state index is 0.595. The van der Waals surface area contributed by atoms with Gasteiger partial charge >= 0.3 is 0 Å². The number of fused-ring (bicyclic) bond motifs is 1. The second-order valence-electron chi connectivity index (χ2n) is 6.22. The number of rotatable bonds is 13. The first-order chi connectivity index (χ1) is 13.3. The Morgan fingerprint density at radius 1 is 1.07 bits per heavy atom. The number of aromatic amines is 1. The molecule has 2 rings (SSSR count). The highest BCUT2D eigenvalue weighted by Gasteiger charge is 2.02. The second-order valence-corrected chi connectivity index (χ2v) is 6.22. The van der Waals surface area contributed by atoms with Crippen molar-refractivity contribution in [2.45, 2.75) is 33.1 Å². The molecule has 0 spiro atoms. The third kappa shape index (κ3) is 8.41. The molecule has 0 amide bonds. The van der Waals surface area contributed by atoms with E-state index >= 15 is 0 Å². The quantitative estimate of drug-likeness (QED) is 0.285. The van der Waals surface area contributed by atoms with Gasteiger partial charge in [0.2, 0.25) is 0 Å². The van der Waals surface area contributed by atoms with E-state index in [1.54, 1.807) is 0 Å². The molecule has 1 aromatic heterocycles. The van der Waals surface area contributed by atoms with Crippen molar-refractivity contribution in [2.24, 2.45) is 4.99 Å². The van der Waals surface area contributed by atoms with Crippen LogP contribution in [-0.4, -0.2) is 62.0 Å². The number of unbranched alkanes of at least 4 members (excludes halogenated alkanes) is 1. The molecule has 7 heteroatoms. The lowest BCUT2D eigenvalue weighted by Gasteiger charge is -2.10. The summed E-state index contributed by atoms with van der Waals surface area (Å²) >= 11 is 0. The molecule has 3 N–H and O–H groups in total. The topological polar surface area (TPSA) is 83.6 Å². The van der Waals surface area contributed by atoms with Crippen molar-refractivity contribution in [1.82, 2.24) is 20.6 Å². The van der Waals surface area contributed by atoms with Gasteiger partial charge in [-0.25, -0.2) is 4.98 Å². The average Bonchev–Trinajstić information content (AvgIpc) is 3.09. The monoisotopic (exact) mass is 375 g/mol. The number of aliphatic imine (C=N–C) groups is 1. The molecule has 1 aromatic carbocycles. The van der Waals surface area contributed by atoms with Gasteiger partial charge in [0.1, 0.15) is 5.82 Å². The molecule has 1 heterocycles. The maximum atomic E-state index is 5.55. The summed E-state index contributed by atoms with van der Waals surface area (Å²) in [5.74, 6) is 1.78. The van der Waals surface area contributed by atoms with E-state index in [1.807, 2.05) is 24.3 Å². The number of guanidine groups is 1. The Hall–Kier alpha value is -2.12. The average molecular weight is 376 g/mol. The zero-order chi connectivity index (χ0) is 19.2. The highest BCUT2D eigenvalue weighted by atomic mass is 16.5. The van der Waals surface area contributed by atoms with Gasteiger partial charge in [-0.15, -0.1) is 0 Å². The van der Waals surface area contributed by atoms with Gasteiger partial charge < -0.3 is 25.1 Å². The zero-order valence-corrected chi connectivity index (χ0v) is 16.6. The molecule has 0 radical (unpaired) electrons. The van der Waals surface area contributed by atoms with Gasteiger partial charge in [-0.3, -0.25) is 4.99 Å². The van der Waals surface area contributed by atoms with Crippen LogP contribution in [0.3, 0.4) is 0 Å². The van der Waals surface area contributed by atoms with Crippen molar-refractivity contribution in [3.05, 3.63) is 30.1 Å². The van der Waals surface area contributed by atoms with Gasteiger partial charge in [0.05, 0.1) is 37.4 Å². The van der Waals surface area contributed by atoms with E-state index in [0.717, 1.165) is 61.8 Å². The van der Waals surface area contributed by atoms with Crippen LogP contribution in [0.4, 0.5) is 0 Å². The van der Waals surface area contributed by atoms with E-state index in [0.29, 0.717) is 26.4 Å². The summed E-state index contributed by atoms with van der Waals surface area (Å²) in [6.45, 7) is 9.10. The number of H-pyrrole nitrogens is 1. The van der Waals surface area contributed by atoms with Crippen molar-refractivity contribution >= 4 is 17.0 Å². The molecule has 0 aliphatic heterocycles. The summed E-state index contributed by atoms with van der Waals surface area (Å²) in [5, 5.41) is 6.59. The molecule has 2 aromatic rings. The highest BCUT2D eigenvalue weighted by molar-refractivity contribution is 5.79. The van der Waals surface area contributed by atoms with Gasteiger partial charge in [-0.1, -0.05) is 25.5 Å². The van der Waals surface area contributed by atoms with Gasteiger partial charge in [0.15, 0.2) is 5.96 Å². The Balaban J connectivity index is 1.62. The van der Waals surface area contributed by atoms with Crippen LogP contribution < -0.4 is 10.6 Å². The Kier molecular flexibility index (Phi) is 10.3. The SMILES string of the molecule is CCCCOCCOCCN=C(NCC)NCCc1nc2ccccc2[nH]1. The van der Waals surface area contributed by atoms with Crippen molar-refractivity contribution in [3.63, 3.8) is 0 Å². The summed E-state index contributed by atoms with van der Waals surface area (Å²) in [6.07, 6.45) is 3.08. The van der Waals surface area contributed by atoms with Crippen LogP contribution in [0.2, 0.25) is 0 Å². The van der Waals surface area contributed by atoms with Gasteiger partial charge in [-0.05, 0) is 25.5 Å². The van der Waals surface area contributed by atoms with Crippen molar-refractivity contribution < 1.29 is 9.47 Å². The summed E-state index contributed by atoms with van der Waals surface area (Å²) in [6, 6.07) is 8.07. The molecule has 150 valence electrons. The zero-order valence-electron chi connectivity index (χ0n) is 16.6. The Bertz CT molecular complexity index is 638. The van der Waals surface area contributed by atoms with E-state index in [-0.39, 0.29) is 0 Å². The van der Waals surface area contributed by atoms with Crippen LogP contribution in [-0.2, 0) is 15.9 Å². The number of hydrogen-bond acceptors (Lipinski definition) is 4. The minimum absolute atomic E-state index is 0.595. The smallest absolute Gasteiger partial charge is 0.191 e. The number of para-hydroxylation sites is 2. The molecule has 0 saturated carbocycles. The van der Waals surface area contributed by atoms with E-state index in [9.17, 15) is 0 Å². The number of hydrogen-bond donors (Lipinski definition) is 3. The van der Waals surface area contributed by atoms with Gasteiger partial charge in [-0.2, -0.15) is 0 Å². The van der Waals surface area contributed by atoms with Crippen molar-refractivity contribution in [2.75, 3.05) is 46.1 Å². The van der Waals surface area contributed by atoms with E-state index < -0.39 is 0 Å². The molecule has 27 heavy (non-hydrogen) atoms. The molecular formula is C20H33N5O2. The van der Waals surface area contributed by atoms with Gasteiger partial charge in [0, 0.05) is 26.1 Å². The summed E-state index contributed by atoms with van der Waals surface area (Å²) in [7, 11) is 0. The molecule has 0 aliphatic rings. The van der Waals surface area contributed by atoms with Crippen LogP contribution in [0, 0.1) is 0 Å². The van der Waals surface area contributed by atoms with Crippen LogP contribution in [0.15, 0.2) is 29.3 Å². The first-order valence-corrected chi connectivity index (χ1v) is 9.94. The highest BCUT2D eigenvalue weighted by Crippen LogP contribution is 2.10. The number of ether oxygens (including phenoxy) is 2. The maximum Gasteiger partial charge on any atom is 0.191 e. The maximum absolute atomic E-state index is 5.55. The fourth-order valence-electron chi connectivity index (χ4n) is 2.56. The molecule has 0 bridgehead atoms. The molecule has 0 unspecified atom stereocenters. The van der Waals surface area contributed by atoms with Crippen molar-refractivity contribution in [1.29, 1.82) is 0 Å². The molecular weight excluding hydrogens is 342 g/mol. The Morgan fingerprint density at radius 2 is 1.89 bits per heavy atom. The fourth-order valence-corrected chi connectivity index (χ4v) is 2.56. The largest absolute Gasteiger partial charge is 0.379 e. The summed E-state index contributed by atoms with van der Waals surface area (Å²) < 4.78 is 11.0. The molecule has 0 aliphatic carbocycles. The molecule has 0 fully saturated rings.